The van der Waals surface area contributed by atoms with E-state index in [4.69, 9.17) is 9.47 Å². The second kappa shape index (κ2) is 8.28. The number of Topliss-reactive ketones (excluding diaryl/α,β-unsaturated/α-hetero) is 1. The Morgan fingerprint density at radius 3 is 2.80 bits per heavy atom. The van der Waals surface area contributed by atoms with Crippen molar-refractivity contribution in [3.05, 3.63) is 65.0 Å². The molecule has 2 aliphatic heterocycles. The number of aliphatic hydroxyl groups is 1. The second-order valence-corrected chi connectivity index (χ2v) is 7.55. The highest BCUT2D eigenvalue weighted by Crippen LogP contribution is 2.40. The van der Waals surface area contributed by atoms with Crippen molar-refractivity contribution in [1.29, 1.82) is 0 Å². The lowest BCUT2D eigenvalue weighted by Gasteiger charge is -2.27. The highest BCUT2D eigenvalue weighted by molar-refractivity contribution is 6.46. The van der Waals surface area contributed by atoms with Crippen molar-refractivity contribution >= 4 is 17.4 Å². The predicted molar refractivity (Wildman–Crippen MR) is 110 cm³/mol. The molecule has 2 aliphatic rings. The summed E-state index contributed by atoms with van der Waals surface area (Å²) in [5, 5.41) is 11.2. The first kappa shape index (κ1) is 20.1. The zero-order valence-electron chi connectivity index (χ0n) is 17.0. The minimum absolute atomic E-state index is 0.0688. The van der Waals surface area contributed by atoms with Crippen LogP contribution in [0.5, 0.6) is 5.75 Å². The number of amides is 1. The Hall–Kier alpha value is -3.19. The quantitative estimate of drug-likeness (QED) is 0.465. The number of nitrogens with zero attached hydrogens (tertiary/aromatic N) is 2. The van der Waals surface area contributed by atoms with Crippen molar-refractivity contribution in [2.45, 2.75) is 31.9 Å². The van der Waals surface area contributed by atoms with Crippen LogP contribution < -0.4 is 4.74 Å². The monoisotopic (exact) mass is 408 g/mol. The Kier molecular flexibility index (Phi) is 5.55. The number of carbonyl (C=O) groups excluding carboxylic acids is 2. The van der Waals surface area contributed by atoms with E-state index in [-0.39, 0.29) is 17.4 Å². The zero-order valence-corrected chi connectivity index (χ0v) is 17.0. The molecular formula is C23H24N2O5. The Morgan fingerprint density at radius 1 is 1.33 bits per heavy atom. The van der Waals surface area contributed by atoms with Gasteiger partial charge in [-0.05, 0) is 55.2 Å². The van der Waals surface area contributed by atoms with Gasteiger partial charge in [0, 0.05) is 31.1 Å². The molecule has 1 amide bonds. The van der Waals surface area contributed by atoms with E-state index in [0.717, 1.165) is 18.4 Å². The molecule has 156 valence electrons. The molecule has 2 fully saturated rings. The summed E-state index contributed by atoms with van der Waals surface area (Å²) in [5.41, 5.74) is 1.96. The van der Waals surface area contributed by atoms with Crippen LogP contribution >= 0.6 is 0 Å². The minimum Gasteiger partial charge on any atom is -0.507 e. The van der Waals surface area contributed by atoms with E-state index in [1.54, 1.807) is 49.8 Å². The lowest BCUT2D eigenvalue weighted by atomic mass is 9.94. The number of likely N-dealkylation sites (tertiary alicyclic amines) is 1. The highest BCUT2D eigenvalue weighted by atomic mass is 16.5. The predicted octanol–water partition coefficient (Wildman–Crippen LogP) is 3.00. The van der Waals surface area contributed by atoms with Gasteiger partial charge in [-0.3, -0.25) is 14.6 Å². The Bertz CT molecular complexity index is 996. The molecule has 7 nitrogen and oxygen atoms in total. The van der Waals surface area contributed by atoms with Gasteiger partial charge in [-0.25, -0.2) is 0 Å². The molecule has 4 rings (SSSR count). The number of hydrogen-bond acceptors (Lipinski definition) is 6. The van der Waals surface area contributed by atoms with Gasteiger partial charge < -0.3 is 19.5 Å². The largest absolute Gasteiger partial charge is 0.507 e. The number of ketones is 1. The maximum Gasteiger partial charge on any atom is 0.295 e. The molecule has 0 saturated carbocycles. The summed E-state index contributed by atoms with van der Waals surface area (Å²) in [7, 11) is 1.56. The Balaban J connectivity index is 1.82. The third-order valence-electron chi connectivity index (χ3n) is 5.65. The van der Waals surface area contributed by atoms with Crippen LogP contribution in [0, 0.1) is 6.92 Å². The summed E-state index contributed by atoms with van der Waals surface area (Å²) in [6.45, 7) is 2.76. The van der Waals surface area contributed by atoms with Crippen LogP contribution in [-0.4, -0.2) is 53.0 Å². The standard InChI is InChI=1S/C23H24N2O5/c1-14-11-16(29-2)7-8-18(14)21(26)19-20(15-5-3-9-24-12-15)25(23(28)22(19)27)13-17-6-4-10-30-17/h3,5,7-9,11-12,17,20,26H,4,6,10,13H2,1-2H3/b21-19-. The fourth-order valence-corrected chi connectivity index (χ4v) is 4.13. The number of hydrogen-bond donors (Lipinski definition) is 1. The van der Waals surface area contributed by atoms with Crippen molar-refractivity contribution in [2.24, 2.45) is 0 Å². The molecular weight excluding hydrogens is 384 g/mol. The summed E-state index contributed by atoms with van der Waals surface area (Å²) in [4.78, 5) is 31.6. The molecule has 2 aromatic rings. The molecule has 1 aromatic carbocycles. The molecule has 1 N–H and O–H groups in total. The Morgan fingerprint density at radius 2 is 2.17 bits per heavy atom. The average Bonchev–Trinajstić information content (AvgIpc) is 3.36. The zero-order chi connectivity index (χ0) is 21.3. The molecule has 0 radical (unpaired) electrons. The van der Waals surface area contributed by atoms with Crippen LogP contribution in [0.15, 0.2) is 48.3 Å². The molecule has 3 heterocycles. The smallest absolute Gasteiger partial charge is 0.295 e. The van der Waals surface area contributed by atoms with Crippen LogP contribution in [0.4, 0.5) is 0 Å². The van der Waals surface area contributed by atoms with Gasteiger partial charge in [-0.15, -0.1) is 0 Å². The van der Waals surface area contributed by atoms with Crippen molar-refractivity contribution in [2.75, 3.05) is 20.3 Å². The van der Waals surface area contributed by atoms with Gasteiger partial charge in [0.15, 0.2) is 0 Å². The van der Waals surface area contributed by atoms with E-state index in [9.17, 15) is 14.7 Å². The average molecular weight is 408 g/mol. The molecule has 2 atom stereocenters. The summed E-state index contributed by atoms with van der Waals surface area (Å²) >= 11 is 0. The van der Waals surface area contributed by atoms with Gasteiger partial charge in [-0.1, -0.05) is 6.07 Å². The Labute approximate surface area is 174 Å². The summed E-state index contributed by atoms with van der Waals surface area (Å²) in [6.07, 6.45) is 4.89. The van der Waals surface area contributed by atoms with E-state index in [2.05, 4.69) is 4.98 Å². The van der Waals surface area contributed by atoms with Gasteiger partial charge in [0.25, 0.3) is 11.7 Å². The SMILES string of the molecule is COc1ccc(/C(O)=C2/C(=O)C(=O)N(CC3CCCO3)C2c2cccnc2)c(C)c1. The minimum atomic E-state index is -0.718. The lowest BCUT2D eigenvalue weighted by Crippen LogP contribution is -2.36. The number of aryl methyl sites for hydroxylation is 1. The van der Waals surface area contributed by atoms with Gasteiger partial charge in [-0.2, -0.15) is 0 Å². The molecule has 0 aliphatic carbocycles. The number of carbonyl (C=O) groups is 2. The van der Waals surface area contributed by atoms with E-state index in [0.29, 0.717) is 30.0 Å². The normalized spacial score (nSPS) is 23.2. The molecule has 2 unspecified atom stereocenters. The summed E-state index contributed by atoms with van der Waals surface area (Å²) in [6, 6.07) is 8.02. The number of ether oxygens (including phenoxy) is 2. The first-order valence-electron chi connectivity index (χ1n) is 9.96. The number of pyridine rings is 1. The highest BCUT2D eigenvalue weighted by Gasteiger charge is 2.47. The van der Waals surface area contributed by atoms with Crippen LogP contribution in [0.25, 0.3) is 5.76 Å². The third kappa shape index (κ3) is 3.57. The molecule has 1 aromatic heterocycles. The van der Waals surface area contributed by atoms with Crippen molar-refractivity contribution in [3.63, 3.8) is 0 Å². The number of benzene rings is 1. The van der Waals surface area contributed by atoms with Crippen LogP contribution in [0.2, 0.25) is 0 Å². The fraction of sp³-hybridized carbons (Fsp3) is 0.348. The molecule has 0 bridgehead atoms. The van der Waals surface area contributed by atoms with E-state index in [1.165, 1.54) is 4.90 Å². The lowest BCUT2D eigenvalue weighted by molar-refractivity contribution is -0.140. The van der Waals surface area contributed by atoms with Crippen LogP contribution in [-0.2, 0) is 14.3 Å². The topological polar surface area (TPSA) is 89.0 Å². The van der Waals surface area contributed by atoms with E-state index >= 15 is 0 Å². The first-order chi connectivity index (χ1) is 14.5. The number of aromatic nitrogens is 1. The third-order valence-corrected chi connectivity index (χ3v) is 5.65. The van der Waals surface area contributed by atoms with Gasteiger partial charge in [0.1, 0.15) is 11.5 Å². The summed E-state index contributed by atoms with van der Waals surface area (Å²) in [5.74, 6) is -0.884. The fourth-order valence-electron chi connectivity index (χ4n) is 4.13. The first-order valence-corrected chi connectivity index (χ1v) is 9.96. The number of methoxy groups -OCH3 is 1. The van der Waals surface area contributed by atoms with Crippen molar-refractivity contribution < 1.29 is 24.2 Å². The number of rotatable bonds is 5. The molecule has 2 saturated heterocycles. The van der Waals surface area contributed by atoms with E-state index < -0.39 is 17.7 Å². The van der Waals surface area contributed by atoms with Crippen molar-refractivity contribution in [1.82, 2.24) is 9.88 Å². The van der Waals surface area contributed by atoms with Gasteiger partial charge in [0.05, 0.1) is 24.8 Å². The number of aliphatic hydroxyl groups excluding tert-OH is 1. The molecule has 0 spiro atoms. The van der Waals surface area contributed by atoms with Crippen LogP contribution in [0.1, 0.15) is 35.6 Å². The van der Waals surface area contributed by atoms with E-state index in [1.807, 2.05) is 6.92 Å². The second-order valence-electron chi connectivity index (χ2n) is 7.55. The summed E-state index contributed by atoms with van der Waals surface area (Å²) < 4.78 is 10.9. The van der Waals surface area contributed by atoms with Gasteiger partial charge in [0.2, 0.25) is 0 Å². The maximum absolute atomic E-state index is 13.0. The maximum atomic E-state index is 13.0. The molecule has 30 heavy (non-hydrogen) atoms. The molecule has 7 heteroatoms. The van der Waals surface area contributed by atoms with Crippen molar-refractivity contribution in [3.8, 4) is 5.75 Å². The van der Waals surface area contributed by atoms with Crippen LogP contribution in [0.3, 0.4) is 0 Å². The van der Waals surface area contributed by atoms with Gasteiger partial charge >= 0.3 is 0 Å².